The number of hydrogen-bond donors (Lipinski definition) is 2. The van der Waals surface area contributed by atoms with Crippen molar-refractivity contribution in [2.75, 3.05) is 7.05 Å². The SMILES string of the molecule is CCc1ccc(C2NC(=NC)NC2=O)s1. The molecule has 5 heteroatoms. The molecule has 0 aromatic carbocycles. The van der Waals surface area contributed by atoms with Gasteiger partial charge in [0, 0.05) is 16.8 Å². The Morgan fingerprint density at radius 2 is 2.33 bits per heavy atom. The molecule has 1 aromatic rings. The Morgan fingerprint density at radius 3 is 2.87 bits per heavy atom. The smallest absolute Gasteiger partial charge is 0.254 e. The second kappa shape index (κ2) is 4.02. The van der Waals surface area contributed by atoms with E-state index in [0.717, 1.165) is 11.3 Å². The first-order valence-corrected chi connectivity index (χ1v) is 5.69. The zero-order valence-corrected chi connectivity index (χ0v) is 9.52. The van der Waals surface area contributed by atoms with Crippen LogP contribution in [0.15, 0.2) is 17.1 Å². The molecule has 2 N–H and O–H groups in total. The molecule has 1 aliphatic heterocycles. The van der Waals surface area contributed by atoms with Crippen molar-refractivity contribution in [3.8, 4) is 0 Å². The Labute approximate surface area is 92.4 Å². The second-order valence-corrected chi connectivity index (χ2v) is 4.50. The number of guanidine groups is 1. The van der Waals surface area contributed by atoms with E-state index in [2.05, 4.69) is 28.6 Å². The highest BCUT2D eigenvalue weighted by Crippen LogP contribution is 2.25. The minimum atomic E-state index is -0.269. The van der Waals surface area contributed by atoms with E-state index in [4.69, 9.17) is 0 Å². The Bertz CT molecular complexity index is 411. The third-order valence-corrected chi connectivity index (χ3v) is 3.62. The van der Waals surface area contributed by atoms with E-state index in [-0.39, 0.29) is 11.9 Å². The summed E-state index contributed by atoms with van der Waals surface area (Å²) >= 11 is 1.67. The number of rotatable bonds is 2. The summed E-state index contributed by atoms with van der Waals surface area (Å²) in [5.41, 5.74) is 0. The van der Waals surface area contributed by atoms with Gasteiger partial charge in [0.2, 0.25) is 0 Å². The summed E-state index contributed by atoms with van der Waals surface area (Å²) < 4.78 is 0. The minimum absolute atomic E-state index is 0.0277. The number of hydrogen-bond acceptors (Lipinski definition) is 3. The number of carbonyl (C=O) groups excluding carboxylic acids is 1. The van der Waals surface area contributed by atoms with Crippen LogP contribution in [0.1, 0.15) is 22.7 Å². The number of aliphatic imine (C=N–C) groups is 1. The molecule has 2 rings (SSSR count). The normalized spacial score (nSPS) is 22.9. The topological polar surface area (TPSA) is 53.5 Å². The lowest BCUT2D eigenvalue weighted by atomic mass is 10.2. The first-order chi connectivity index (χ1) is 7.24. The molecule has 0 bridgehead atoms. The van der Waals surface area contributed by atoms with E-state index in [0.29, 0.717) is 5.96 Å². The molecule has 0 radical (unpaired) electrons. The van der Waals surface area contributed by atoms with Crippen LogP contribution in [0.5, 0.6) is 0 Å². The fraction of sp³-hybridized carbons (Fsp3) is 0.400. The molecule has 1 aromatic heterocycles. The first kappa shape index (κ1) is 10.2. The van der Waals surface area contributed by atoms with Gasteiger partial charge in [0.15, 0.2) is 5.96 Å². The van der Waals surface area contributed by atoms with Gasteiger partial charge in [-0.15, -0.1) is 11.3 Å². The van der Waals surface area contributed by atoms with E-state index >= 15 is 0 Å². The summed E-state index contributed by atoms with van der Waals surface area (Å²) in [5.74, 6) is 0.525. The lowest BCUT2D eigenvalue weighted by Crippen LogP contribution is -2.24. The van der Waals surface area contributed by atoms with Gasteiger partial charge >= 0.3 is 0 Å². The monoisotopic (exact) mass is 223 g/mol. The maximum atomic E-state index is 11.6. The van der Waals surface area contributed by atoms with Crippen LogP contribution in [0, 0.1) is 0 Å². The van der Waals surface area contributed by atoms with Crippen LogP contribution in [0.2, 0.25) is 0 Å². The van der Waals surface area contributed by atoms with Crippen LogP contribution >= 0.6 is 11.3 Å². The van der Waals surface area contributed by atoms with Crippen LogP contribution in [0.25, 0.3) is 0 Å². The first-order valence-electron chi connectivity index (χ1n) is 4.87. The Hall–Kier alpha value is -1.36. The molecular weight excluding hydrogens is 210 g/mol. The van der Waals surface area contributed by atoms with Crippen molar-refractivity contribution in [3.63, 3.8) is 0 Å². The molecule has 1 saturated heterocycles. The lowest BCUT2D eigenvalue weighted by Gasteiger charge is -2.03. The largest absolute Gasteiger partial charge is 0.340 e. The Kier molecular flexibility index (Phi) is 2.73. The summed E-state index contributed by atoms with van der Waals surface area (Å²) in [6.07, 6.45) is 1.01. The van der Waals surface area contributed by atoms with Crippen molar-refractivity contribution >= 4 is 23.2 Å². The number of amides is 1. The van der Waals surface area contributed by atoms with Gasteiger partial charge in [-0.1, -0.05) is 6.92 Å². The third-order valence-electron chi connectivity index (χ3n) is 2.32. The van der Waals surface area contributed by atoms with Crippen molar-refractivity contribution in [2.24, 2.45) is 4.99 Å². The molecule has 1 amide bonds. The summed E-state index contributed by atoms with van der Waals surface area (Å²) in [5, 5.41) is 5.73. The molecule has 4 nitrogen and oxygen atoms in total. The maximum Gasteiger partial charge on any atom is 0.254 e. The second-order valence-electron chi connectivity index (χ2n) is 3.30. The van der Waals surface area contributed by atoms with Crippen LogP contribution in [-0.4, -0.2) is 18.9 Å². The van der Waals surface area contributed by atoms with Crippen LogP contribution in [0.3, 0.4) is 0 Å². The molecule has 1 atom stereocenters. The number of nitrogens with zero attached hydrogens (tertiary/aromatic N) is 1. The molecule has 1 unspecified atom stereocenters. The van der Waals surface area contributed by atoms with E-state index in [1.54, 1.807) is 18.4 Å². The summed E-state index contributed by atoms with van der Waals surface area (Å²) in [7, 11) is 1.65. The zero-order chi connectivity index (χ0) is 10.8. The summed E-state index contributed by atoms with van der Waals surface area (Å²) in [4.78, 5) is 17.9. The number of carbonyl (C=O) groups is 1. The highest BCUT2D eigenvalue weighted by Gasteiger charge is 2.30. The Balaban J connectivity index is 2.21. The Morgan fingerprint density at radius 1 is 1.53 bits per heavy atom. The van der Waals surface area contributed by atoms with Crippen LogP contribution < -0.4 is 10.6 Å². The highest BCUT2D eigenvalue weighted by atomic mass is 32.1. The van der Waals surface area contributed by atoms with Gasteiger partial charge in [-0.25, -0.2) is 0 Å². The lowest BCUT2D eigenvalue weighted by molar-refractivity contribution is -0.120. The standard InChI is InChI=1S/C10H13N3OS/c1-3-6-4-5-7(15-6)8-9(14)13-10(11-2)12-8/h4-5,8H,3H2,1-2H3,(H2,11,12,13,14). The van der Waals surface area contributed by atoms with E-state index in [1.807, 2.05) is 6.07 Å². The predicted octanol–water partition coefficient (Wildman–Crippen LogP) is 1.06. The number of nitrogens with one attached hydrogen (secondary N) is 2. The molecule has 15 heavy (non-hydrogen) atoms. The fourth-order valence-corrected chi connectivity index (χ4v) is 2.49. The maximum absolute atomic E-state index is 11.6. The molecular formula is C10H13N3OS. The van der Waals surface area contributed by atoms with E-state index in [1.165, 1.54) is 4.88 Å². The molecule has 0 aliphatic carbocycles. The molecule has 2 heterocycles. The van der Waals surface area contributed by atoms with Gasteiger partial charge in [-0.05, 0) is 18.6 Å². The highest BCUT2D eigenvalue weighted by molar-refractivity contribution is 7.12. The van der Waals surface area contributed by atoms with Gasteiger partial charge in [-0.2, -0.15) is 0 Å². The molecule has 0 spiro atoms. The average molecular weight is 223 g/mol. The molecule has 0 saturated carbocycles. The van der Waals surface area contributed by atoms with Crippen LogP contribution in [-0.2, 0) is 11.2 Å². The van der Waals surface area contributed by atoms with Crippen molar-refractivity contribution in [1.29, 1.82) is 0 Å². The predicted molar refractivity (Wildman–Crippen MR) is 61.1 cm³/mol. The van der Waals surface area contributed by atoms with Crippen molar-refractivity contribution in [3.05, 3.63) is 21.9 Å². The molecule has 1 aliphatic rings. The molecule has 1 fully saturated rings. The molecule has 80 valence electrons. The van der Waals surface area contributed by atoms with Gasteiger partial charge in [-0.3, -0.25) is 15.1 Å². The van der Waals surface area contributed by atoms with Gasteiger partial charge in [0.25, 0.3) is 5.91 Å². The van der Waals surface area contributed by atoms with Crippen molar-refractivity contribution < 1.29 is 4.79 Å². The minimum Gasteiger partial charge on any atom is -0.340 e. The van der Waals surface area contributed by atoms with Crippen molar-refractivity contribution in [2.45, 2.75) is 19.4 Å². The number of aryl methyl sites for hydroxylation is 1. The van der Waals surface area contributed by atoms with Crippen molar-refractivity contribution in [1.82, 2.24) is 10.6 Å². The van der Waals surface area contributed by atoms with Crippen LogP contribution in [0.4, 0.5) is 0 Å². The summed E-state index contributed by atoms with van der Waals surface area (Å²) in [6, 6.07) is 3.80. The van der Waals surface area contributed by atoms with Gasteiger partial charge < -0.3 is 5.32 Å². The van der Waals surface area contributed by atoms with E-state index in [9.17, 15) is 4.79 Å². The van der Waals surface area contributed by atoms with Gasteiger partial charge in [0.1, 0.15) is 6.04 Å². The average Bonchev–Trinajstić information content (AvgIpc) is 2.83. The zero-order valence-electron chi connectivity index (χ0n) is 8.70. The fourth-order valence-electron chi connectivity index (χ4n) is 1.49. The van der Waals surface area contributed by atoms with Gasteiger partial charge in [0.05, 0.1) is 0 Å². The van der Waals surface area contributed by atoms with E-state index < -0.39 is 0 Å². The summed E-state index contributed by atoms with van der Waals surface area (Å²) in [6.45, 7) is 2.11. The third kappa shape index (κ3) is 1.87. The number of thiophene rings is 1. The quantitative estimate of drug-likeness (QED) is 0.787.